The van der Waals surface area contributed by atoms with Crippen molar-refractivity contribution in [3.05, 3.63) is 95.6 Å². The van der Waals surface area contributed by atoms with Crippen molar-refractivity contribution in [2.24, 2.45) is 0 Å². The van der Waals surface area contributed by atoms with Gasteiger partial charge in [-0.05, 0) is 54.7 Å². The van der Waals surface area contributed by atoms with Gasteiger partial charge in [0, 0.05) is 0 Å². The van der Waals surface area contributed by atoms with Crippen LogP contribution in [0.15, 0.2) is 83.8 Å². The molecule has 0 bridgehead atoms. The number of sulfonamides is 1. The largest absolute Gasteiger partial charge is 0.348 e. The van der Waals surface area contributed by atoms with Crippen molar-refractivity contribution in [1.82, 2.24) is 5.32 Å². The minimum Gasteiger partial charge on any atom is -0.348 e. The fourth-order valence-corrected chi connectivity index (χ4v) is 4.94. The van der Waals surface area contributed by atoms with Crippen LogP contribution in [-0.4, -0.2) is 20.9 Å². The minimum atomic E-state index is -3.92. The van der Waals surface area contributed by atoms with Crippen molar-refractivity contribution in [1.29, 1.82) is 0 Å². The first-order valence-corrected chi connectivity index (χ1v) is 12.5. The highest BCUT2D eigenvalue weighted by Gasteiger charge is 2.27. The topological polar surface area (TPSA) is 66.5 Å². The molecular weight excluding hydrogens is 432 g/mol. The predicted octanol–water partition coefficient (Wildman–Crippen LogP) is 5.37. The molecule has 3 aromatic carbocycles. The quantitative estimate of drug-likeness (QED) is 0.511. The molecule has 0 fully saturated rings. The molecule has 0 heterocycles. The molecule has 5 nitrogen and oxygen atoms in total. The van der Waals surface area contributed by atoms with E-state index in [0.717, 1.165) is 15.4 Å². The number of aryl methyl sites for hydroxylation is 1. The monoisotopic (exact) mass is 464 g/mol. The van der Waals surface area contributed by atoms with E-state index in [1.807, 2.05) is 32.0 Å². The van der Waals surface area contributed by atoms with Crippen molar-refractivity contribution in [3.8, 4) is 0 Å². The third-order valence-electron chi connectivity index (χ3n) is 5.59. The number of carbonyl (C=O) groups excluding carboxylic acids is 1. The van der Waals surface area contributed by atoms with Crippen LogP contribution in [-0.2, 0) is 20.2 Å². The lowest BCUT2D eigenvalue weighted by molar-refractivity contribution is -0.120. The predicted molar refractivity (Wildman–Crippen MR) is 134 cm³/mol. The first kappa shape index (κ1) is 24.5. The van der Waals surface area contributed by atoms with Crippen molar-refractivity contribution in [2.75, 3.05) is 10.8 Å². The summed E-state index contributed by atoms with van der Waals surface area (Å²) < 4.78 is 28.0. The summed E-state index contributed by atoms with van der Waals surface area (Å²) in [5.74, 6) is -0.373. The van der Waals surface area contributed by atoms with E-state index >= 15 is 0 Å². The van der Waals surface area contributed by atoms with Gasteiger partial charge in [-0.15, -0.1) is 0 Å². The molecule has 0 spiro atoms. The molecule has 0 aromatic heterocycles. The zero-order valence-electron chi connectivity index (χ0n) is 19.9. The van der Waals surface area contributed by atoms with Crippen LogP contribution in [0.5, 0.6) is 0 Å². The summed E-state index contributed by atoms with van der Waals surface area (Å²) in [5.41, 5.74) is 3.62. The van der Waals surface area contributed by atoms with E-state index in [0.29, 0.717) is 5.69 Å². The van der Waals surface area contributed by atoms with Crippen LogP contribution < -0.4 is 9.62 Å². The van der Waals surface area contributed by atoms with E-state index in [-0.39, 0.29) is 28.8 Å². The number of para-hydroxylation sites is 1. The summed E-state index contributed by atoms with van der Waals surface area (Å²) in [5, 5.41) is 2.94. The highest BCUT2D eigenvalue weighted by atomic mass is 32.2. The molecule has 0 aliphatic heterocycles. The van der Waals surface area contributed by atoms with Crippen LogP contribution in [0.4, 0.5) is 5.69 Å². The summed E-state index contributed by atoms with van der Waals surface area (Å²) in [6, 6.07) is 23.2. The maximum Gasteiger partial charge on any atom is 0.264 e. The standard InChI is InChI=1S/C27H32N2O3S/c1-20-11-17-25(18-12-20)33(31,32)29(24-9-7-6-8-10-24)19-26(30)28-21(2)22-13-15-23(16-14-22)27(3,4)5/h6-18,21H,19H2,1-5H3,(H,28,30)/t21-/m0/s1. The van der Waals surface area contributed by atoms with Gasteiger partial charge in [-0.1, -0.05) is 80.9 Å². The first-order valence-electron chi connectivity index (χ1n) is 11.0. The Kier molecular flexibility index (Phi) is 7.28. The van der Waals surface area contributed by atoms with Crippen molar-refractivity contribution in [2.45, 2.75) is 51.0 Å². The number of anilines is 1. The summed E-state index contributed by atoms with van der Waals surface area (Å²) in [7, 11) is -3.92. The van der Waals surface area contributed by atoms with E-state index in [1.54, 1.807) is 48.5 Å². The summed E-state index contributed by atoms with van der Waals surface area (Å²) in [6.07, 6.45) is 0. The Balaban J connectivity index is 1.81. The highest BCUT2D eigenvalue weighted by Crippen LogP contribution is 2.25. The molecule has 33 heavy (non-hydrogen) atoms. The van der Waals surface area contributed by atoms with E-state index in [2.05, 4.69) is 38.2 Å². The fraction of sp³-hybridized carbons (Fsp3) is 0.296. The number of hydrogen-bond donors (Lipinski definition) is 1. The molecule has 0 aliphatic rings. The lowest BCUT2D eigenvalue weighted by atomic mass is 9.86. The Morgan fingerprint density at radius 1 is 0.909 bits per heavy atom. The van der Waals surface area contributed by atoms with Gasteiger partial charge < -0.3 is 5.32 Å². The van der Waals surface area contributed by atoms with Crippen LogP contribution in [0.3, 0.4) is 0 Å². The average molecular weight is 465 g/mol. The molecule has 0 aliphatic carbocycles. The Morgan fingerprint density at radius 2 is 1.48 bits per heavy atom. The molecule has 0 unspecified atom stereocenters. The van der Waals surface area contributed by atoms with Gasteiger partial charge in [0.2, 0.25) is 5.91 Å². The zero-order chi connectivity index (χ0) is 24.2. The molecule has 3 rings (SSSR count). The van der Waals surface area contributed by atoms with Crippen LogP contribution in [0.1, 0.15) is 50.4 Å². The van der Waals surface area contributed by atoms with Crippen LogP contribution in [0.25, 0.3) is 0 Å². The Labute approximate surface area is 197 Å². The molecule has 0 saturated heterocycles. The van der Waals surface area contributed by atoms with Crippen molar-refractivity contribution < 1.29 is 13.2 Å². The molecule has 1 N–H and O–H groups in total. The molecule has 1 amide bonds. The molecule has 1 atom stereocenters. The molecule has 0 saturated carbocycles. The van der Waals surface area contributed by atoms with E-state index in [4.69, 9.17) is 0 Å². The number of amides is 1. The number of benzene rings is 3. The SMILES string of the molecule is Cc1ccc(S(=O)(=O)N(CC(=O)N[C@@H](C)c2ccc(C(C)(C)C)cc2)c2ccccc2)cc1. The molecule has 3 aromatic rings. The van der Waals surface area contributed by atoms with Crippen molar-refractivity contribution >= 4 is 21.6 Å². The third-order valence-corrected chi connectivity index (χ3v) is 7.38. The Hall–Kier alpha value is -3.12. The number of rotatable bonds is 7. The maximum absolute atomic E-state index is 13.4. The summed E-state index contributed by atoms with van der Waals surface area (Å²) >= 11 is 0. The van der Waals surface area contributed by atoms with E-state index < -0.39 is 10.0 Å². The molecular formula is C27H32N2O3S. The maximum atomic E-state index is 13.4. The summed E-state index contributed by atoms with van der Waals surface area (Å²) in [6.45, 7) is 9.93. The smallest absolute Gasteiger partial charge is 0.264 e. The van der Waals surface area contributed by atoms with Gasteiger partial charge in [-0.2, -0.15) is 0 Å². The van der Waals surface area contributed by atoms with Gasteiger partial charge in [-0.25, -0.2) is 8.42 Å². The first-order chi connectivity index (χ1) is 15.5. The van der Waals surface area contributed by atoms with Crippen LogP contribution in [0.2, 0.25) is 0 Å². The second-order valence-corrected chi connectivity index (χ2v) is 11.2. The average Bonchev–Trinajstić information content (AvgIpc) is 2.77. The fourth-order valence-electron chi connectivity index (χ4n) is 3.52. The molecule has 0 radical (unpaired) electrons. The van der Waals surface area contributed by atoms with Gasteiger partial charge in [-0.3, -0.25) is 9.10 Å². The Bertz CT molecular complexity index is 1180. The molecule has 6 heteroatoms. The highest BCUT2D eigenvalue weighted by molar-refractivity contribution is 7.92. The van der Waals surface area contributed by atoms with E-state index in [9.17, 15) is 13.2 Å². The number of nitrogens with zero attached hydrogens (tertiary/aromatic N) is 1. The van der Waals surface area contributed by atoms with Gasteiger partial charge in [0.05, 0.1) is 16.6 Å². The van der Waals surface area contributed by atoms with Crippen LogP contribution >= 0.6 is 0 Å². The Morgan fingerprint density at radius 3 is 2.03 bits per heavy atom. The van der Waals surface area contributed by atoms with Crippen LogP contribution in [0, 0.1) is 6.92 Å². The van der Waals surface area contributed by atoms with Gasteiger partial charge in [0.15, 0.2) is 0 Å². The lowest BCUT2D eigenvalue weighted by Gasteiger charge is -2.25. The van der Waals surface area contributed by atoms with E-state index in [1.165, 1.54) is 5.56 Å². The minimum absolute atomic E-state index is 0.0472. The van der Waals surface area contributed by atoms with Gasteiger partial charge in [0.1, 0.15) is 6.54 Å². The lowest BCUT2D eigenvalue weighted by Crippen LogP contribution is -2.41. The van der Waals surface area contributed by atoms with Gasteiger partial charge in [0.25, 0.3) is 10.0 Å². The second-order valence-electron chi connectivity index (χ2n) is 9.32. The number of carbonyl (C=O) groups is 1. The summed E-state index contributed by atoms with van der Waals surface area (Å²) in [4.78, 5) is 13.1. The zero-order valence-corrected chi connectivity index (χ0v) is 20.7. The normalized spacial score (nSPS) is 12.8. The number of hydrogen-bond acceptors (Lipinski definition) is 3. The second kappa shape index (κ2) is 9.79. The van der Waals surface area contributed by atoms with Gasteiger partial charge >= 0.3 is 0 Å². The third kappa shape index (κ3) is 6.02. The van der Waals surface area contributed by atoms with Crippen molar-refractivity contribution in [3.63, 3.8) is 0 Å². The molecule has 174 valence electrons. The number of nitrogens with one attached hydrogen (secondary N) is 1.